The van der Waals surface area contributed by atoms with Crippen LogP contribution in [0, 0.1) is 0 Å². The highest BCUT2D eigenvalue weighted by molar-refractivity contribution is 5.81. The monoisotopic (exact) mass is 218 g/mol. The third-order valence-electron chi connectivity index (χ3n) is 2.87. The fourth-order valence-electron chi connectivity index (χ4n) is 2.04. The molecule has 2 aromatic rings. The van der Waals surface area contributed by atoms with E-state index >= 15 is 0 Å². The number of nitrogens with zero attached hydrogens (tertiary/aromatic N) is 2. The van der Waals surface area contributed by atoms with E-state index in [2.05, 4.69) is 17.2 Å². The third-order valence-corrected chi connectivity index (χ3v) is 2.87. The summed E-state index contributed by atoms with van der Waals surface area (Å²) >= 11 is 0. The van der Waals surface area contributed by atoms with Gasteiger partial charge in [-0.2, -0.15) is 5.10 Å². The predicted octanol–water partition coefficient (Wildman–Crippen LogP) is 2.28. The molecule has 0 aliphatic rings. The van der Waals surface area contributed by atoms with Crippen molar-refractivity contribution in [3.05, 3.63) is 30.0 Å². The molecular weight excluding hydrogens is 200 g/mol. The van der Waals surface area contributed by atoms with Crippen molar-refractivity contribution in [2.75, 3.05) is 0 Å². The lowest BCUT2D eigenvalue weighted by atomic mass is 10.1. The molecule has 3 heteroatoms. The highest BCUT2D eigenvalue weighted by atomic mass is 16.3. The number of hydrogen-bond donors (Lipinski definition) is 1. The standard InChI is InChI=1S/C13H18N2O/c1-10(16)6-5-8-12-11-7-3-4-9-13(11)15(2)14-12/h3-4,7,9-10,16H,5-6,8H2,1-2H3. The first-order chi connectivity index (χ1) is 7.68. The average Bonchev–Trinajstić information content (AvgIpc) is 2.57. The van der Waals surface area contributed by atoms with Gasteiger partial charge in [-0.1, -0.05) is 18.2 Å². The molecule has 2 rings (SSSR count). The predicted molar refractivity (Wildman–Crippen MR) is 65.3 cm³/mol. The summed E-state index contributed by atoms with van der Waals surface area (Å²) in [6, 6.07) is 8.27. The fraction of sp³-hybridized carbons (Fsp3) is 0.462. The van der Waals surface area contributed by atoms with Gasteiger partial charge in [-0.05, 0) is 32.3 Å². The van der Waals surface area contributed by atoms with Gasteiger partial charge in [-0.25, -0.2) is 0 Å². The molecule has 1 aromatic heterocycles. The summed E-state index contributed by atoms with van der Waals surface area (Å²) in [5.41, 5.74) is 2.31. The number of benzene rings is 1. The Kier molecular flexibility index (Phi) is 3.25. The molecule has 0 aliphatic heterocycles. The number of aliphatic hydroxyl groups is 1. The smallest absolute Gasteiger partial charge is 0.0703 e. The van der Waals surface area contributed by atoms with Crippen molar-refractivity contribution in [2.24, 2.45) is 7.05 Å². The van der Waals surface area contributed by atoms with E-state index in [9.17, 15) is 5.11 Å². The summed E-state index contributed by atoms with van der Waals surface area (Å²) in [6.45, 7) is 1.83. The topological polar surface area (TPSA) is 38.1 Å². The van der Waals surface area contributed by atoms with E-state index in [4.69, 9.17) is 0 Å². The van der Waals surface area contributed by atoms with Gasteiger partial charge in [0.05, 0.1) is 17.3 Å². The first-order valence-electron chi connectivity index (χ1n) is 5.77. The maximum atomic E-state index is 9.22. The van der Waals surface area contributed by atoms with E-state index in [-0.39, 0.29) is 6.10 Å². The van der Waals surface area contributed by atoms with Crippen LogP contribution >= 0.6 is 0 Å². The van der Waals surface area contributed by atoms with Crippen LogP contribution in [0.4, 0.5) is 0 Å². The fourth-order valence-corrected chi connectivity index (χ4v) is 2.04. The number of aliphatic hydroxyl groups excluding tert-OH is 1. The Balaban J connectivity index is 2.18. The van der Waals surface area contributed by atoms with Gasteiger partial charge in [-0.15, -0.1) is 0 Å². The summed E-state index contributed by atoms with van der Waals surface area (Å²) in [5.74, 6) is 0. The maximum absolute atomic E-state index is 9.22. The Morgan fingerprint density at radius 3 is 2.88 bits per heavy atom. The zero-order valence-corrected chi connectivity index (χ0v) is 9.85. The molecule has 0 fully saturated rings. The minimum atomic E-state index is -0.213. The van der Waals surface area contributed by atoms with Crippen molar-refractivity contribution in [2.45, 2.75) is 32.3 Å². The quantitative estimate of drug-likeness (QED) is 0.855. The number of hydrogen-bond acceptors (Lipinski definition) is 2. The molecule has 0 spiro atoms. The molecule has 1 atom stereocenters. The molecule has 3 nitrogen and oxygen atoms in total. The van der Waals surface area contributed by atoms with Crippen LogP contribution in [0.5, 0.6) is 0 Å². The second kappa shape index (κ2) is 4.66. The van der Waals surface area contributed by atoms with Crippen LogP contribution in [0.1, 0.15) is 25.5 Å². The maximum Gasteiger partial charge on any atom is 0.0703 e. The van der Waals surface area contributed by atoms with E-state index in [1.807, 2.05) is 30.8 Å². The normalized spacial score (nSPS) is 13.2. The van der Waals surface area contributed by atoms with Crippen molar-refractivity contribution in [3.8, 4) is 0 Å². The van der Waals surface area contributed by atoms with Crippen molar-refractivity contribution >= 4 is 10.9 Å². The molecule has 0 radical (unpaired) electrons. The van der Waals surface area contributed by atoms with Crippen LogP contribution < -0.4 is 0 Å². The molecule has 86 valence electrons. The van der Waals surface area contributed by atoms with E-state index in [1.54, 1.807) is 0 Å². The number of aromatic nitrogens is 2. The number of para-hydroxylation sites is 1. The lowest BCUT2D eigenvalue weighted by molar-refractivity contribution is 0.181. The van der Waals surface area contributed by atoms with Gasteiger partial charge >= 0.3 is 0 Å². The number of fused-ring (bicyclic) bond motifs is 1. The Morgan fingerprint density at radius 2 is 2.12 bits per heavy atom. The van der Waals surface area contributed by atoms with E-state index in [1.165, 1.54) is 10.9 Å². The molecule has 0 saturated heterocycles. The first kappa shape index (κ1) is 11.1. The summed E-state index contributed by atoms with van der Waals surface area (Å²) in [4.78, 5) is 0. The molecule has 0 bridgehead atoms. The molecule has 1 N–H and O–H groups in total. The van der Waals surface area contributed by atoms with Gasteiger partial charge in [-0.3, -0.25) is 4.68 Å². The second-order valence-electron chi connectivity index (χ2n) is 4.33. The SMILES string of the molecule is CC(O)CCCc1nn(C)c2ccccc12. The number of aryl methyl sites for hydroxylation is 2. The van der Waals surface area contributed by atoms with Gasteiger partial charge in [0.2, 0.25) is 0 Å². The Bertz CT molecular complexity index is 474. The molecule has 1 heterocycles. The van der Waals surface area contributed by atoms with E-state index in [0.29, 0.717) is 0 Å². The Labute approximate surface area is 95.7 Å². The summed E-state index contributed by atoms with van der Waals surface area (Å²) < 4.78 is 1.92. The molecular formula is C13H18N2O. The van der Waals surface area contributed by atoms with Crippen LogP contribution in [0.2, 0.25) is 0 Å². The van der Waals surface area contributed by atoms with E-state index in [0.717, 1.165) is 25.0 Å². The van der Waals surface area contributed by atoms with Crippen LogP contribution in [-0.2, 0) is 13.5 Å². The van der Waals surface area contributed by atoms with Gasteiger partial charge < -0.3 is 5.11 Å². The van der Waals surface area contributed by atoms with Crippen LogP contribution in [-0.4, -0.2) is 21.0 Å². The lowest BCUT2D eigenvalue weighted by Gasteiger charge is -2.01. The van der Waals surface area contributed by atoms with Crippen molar-refractivity contribution in [3.63, 3.8) is 0 Å². The van der Waals surface area contributed by atoms with Crippen LogP contribution in [0.15, 0.2) is 24.3 Å². The molecule has 16 heavy (non-hydrogen) atoms. The highest BCUT2D eigenvalue weighted by Gasteiger charge is 2.07. The molecule has 0 amide bonds. The minimum Gasteiger partial charge on any atom is -0.393 e. The van der Waals surface area contributed by atoms with Crippen LogP contribution in [0.3, 0.4) is 0 Å². The largest absolute Gasteiger partial charge is 0.393 e. The van der Waals surface area contributed by atoms with E-state index < -0.39 is 0 Å². The van der Waals surface area contributed by atoms with Crippen LogP contribution in [0.25, 0.3) is 10.9 Å². The van der Waals surface area contributed by atoms with Gasteiger partial charge in [0.25, 0.3) is 0 Å². The lowest BCUT2D eigenvalue weighted by Crippen LogP contribution is -2.00. The van der Waals surface area contributed by atoms with Gasteiger partial charge in [0, 0.05) is 12.4 Å². The second-order valence-corrected chi connectivity index (χ2v) is 4.33. The molecule has 0 aliphatic carbocycles. The number of rotatable bonds is 4. The van der Waals surface area contributed by atoms with Gasteiger partial charge in [0.15, 0.2) is 0 Å². The average molecular weight is 218 g/mol. The van der Waals surface area contributed by atoms with Gasteiger partial charge in [0.1, 0.15) is 0 Å². The minimum absolute atomic E-state index is 0.213. The Hall–Kier alpha value is -1.35. The molecule has 1 aromatic carbocycles. The Morgan fingerprint density at radius 1 is 1.38 bits per heavy atom. The van der Waals surface area contributed by atoms with Crippen molar-refractivity contribution in [1.82, 2.24) is 9.78 Å². The summed E-state index contributed by atoms with van der Waals surface area (Å²) in [7, 11) is 1.97. The zero-order chi connectivity index (χ0) is 11.5. The van der Waals surface area contributed by atoms with Crippen molar-refractivity contribution in [1.29, 1.82) is 0 Å². The third kappa shape index (κ3) is 2.25. The summed E-state index contributed by atoms with van der Waals surface area (Å²) in [5, 5.41) is 15.0. The first-order valence-corrected chi connectivity index (χ1v) is 5.77. The summed E-state index contributed by atoms with van der Waals surface area (Å²) in [6.07, 6.45) is 2.55. The molecule has 0 saturated carbocycles. The highest BCUT2D eigenvalue weighted by Crippen LogP contribution is 2.19. The zero-order valence-electron chi connectivity index (χ0n) is 9.85. The van der Waals surface area contributed by atoms with Crippen molar-refractivity contribution < 1.29 is 5.11 Å². The molecule has 1 unspecified atom stereocenters.